The molecular formula is C17H15ClFNO3. The van der Waals surface area contributed by atoms with Crippen LogP contribution in [-0.2, 0) is 16.0 Å². The predicted molar refractivity (Wildman–Crippen MR) is 84.8 cm³/mol. The summed E-state index contributed by atoms with van der Waals surface area (Å²) >= 11 is 5.96. The van der Waals surface area contributed by atoms with E-state index in [1.807, 2.05) is 0 Å². The van der Waals surface area contributed by atoms with E-state index in [0.29, 0.717) is 5.56 Å². The average Bonchev–Trinajstić information content (AvgIpc) is 2.55. The highest BCUT2D eigenvalue weighted by Crippen LogP contribution is 2.16. The Balaban J connectivity index is 2.20. The first kappa shape index (κ1) is 17.0. The van der Waals surface area contributed by atoms with Gasteiger partial charge in [0.05, 0.1) is 17.7 Å². The van der Waals surface area contributed by atoms with Crippen LogP contribution in [0.3, 0.4) is 0 Å². The molecule has 2 rings (SSSR count). The SMILES string of the molecule is COC(=O)[C@@H](Cc1ccccc1F)NC(=O)c1ccccc1Cl. The monoisotopic (exact) mass is 335 g/mol. The van der Waals surface area contributed by atoms with Gasteiger partial charge in [-0.05, 0) is 23.8 Å². The normalized spacial score (nSPS) is 11.6. The second-order valence-electron chi connectivity index (χ2n) is 4.82. The fraction of sp³-hybridized carbons (Fsp3) is 0.176. The number of carbonyl (C=O) groups is 2. The van der Waals surface area contributed by atoms with E-state index in [1.165, 1.54) is 19.2 Å². The molecule has 1 atom stereocenters. The summed E-state index contributed by atoms with van der Waals surface area (Å²) in [6.45, 7) is 0. The van der Waals surface area contributed by atoms with Crippen molar-refractivity contribution < 1.29 is 18.7 Å². The van der Waals surface area contributed by atoms with E-state index in [0.717, 1.165) is 0 Å². The number of carbonyl (C=O) groups excluding carboxylic acids is 2. The van der Waals surface area contributed by atoms with Crippen molar-refractivity contribution in [1.29, 1.82) is 0 Å². The second kappa shape index (κ2) is 7.74. The van der Waals surface area contributed by atoms with Gasteiger partial charge < -0.3 is 10.1 Å². The van der Waals surface area contributed by atoms with Crippen molar-refractivity contribution in [2.75, 3.05) is 7.11 Å². The standard InChI is InChI=1S/C17H15ClFNO3/c1-23-17(22)15(10-11-6-2-5-9-14(11)19)20-16(21)12-7-3-4-8-13(12)18/h2-9,15H,10H2,1H3,(H,20,21)/t15-/m1/s1. The molecule has 0 aliphatic heterocycles. The van der Waals surface area contributed by atoms with Crippen molar-refractivity contribution in [3.63, 3.8) is 0 Å². The van der Waals surface area contributed by atoms with Crippen molar-refractivity contribution in [2.24, 2.45) is 0 Å². The summed E-state index contributed by atoms with van der Waals surface area (Å²) in [7, 11) is 1.21. The molecular weight excluding hydrogens is 321 g/mol. The van der Waals surface area contributed by atoms with Gasteiger partial charge in [0.15, 0.2) is 0 Å². The number of halogens is 2. The molecule has 0 unspecified atom stereocenters. The first-order chi connectivity index (χ1) is 11.0. The van der Waals surface area contributed by atoms with Crippen LogP contribution >= 0.6 is 11.6 Å². The molecule has 120 valence electrons. The summed E-state index contributed by atoms with van der Waals surface area (Å²) in [5, 5.41) is 2.80. The Labute approximate surface area is 138 Å². The summed E-state index contributed by atoms with van der Waals surface area (Å²) in [4.78, 5) is 24.2. The fourth-order valence-corrected chi connectivity index (χ4v) is 2.32. The van der Waals surface area contributed by atoms with Gasteiger partial charge in [-0.25, -0.2) is 9.18 Å². The zero-order valence-electron chi connectivity index (χ0n) is 12.4. The molecule has 4 nitrogen and oxygen atoms in total. The Bertz CT molecular complexity index is 720. The van der Waals surface area contributed by atoms with Crippen molar-refractivity contribution in [1.82, 2.24) is 5.32 Å². The number of ether oxygens (including phenoxy) is 1. The van der Waals surface area contributed by atoms with E-state index in [2.05, 4.69) is 10.1 Å². The van der Waals surface area contributed by atoms with E-state index in [9.17, 15) is 14.0 Å². The largest absolute Gasteiger partial charge is 0.467 e. The third-order valence-electron chi connectivity index (χ3n) is 3.29. The Morgan fingerprint density at radius 2 is 1.83 bits per heavy atom. The van der Waals surface area contributed by atoms with Crippen LogP contribution in [0.15, 0.2) is 48.5 Å². The first-order valence-corrected chi connectivity index (χ1v) is 7.27. The quantitative estimate of drug-likeness (QED) is 0.855. The number of hydrogen-bond donors (Lipinski definition) is 1. The van der Waals surface area contributed by atoms with Crippen LogP contribution in [0.1, 0.15) is 15.9 Å². The zero-order chi connectivity index (χ0) is 16.8. The summed E-state index contributed by atoms with van der Waals surface area (Å²) in [6, 6.07) is 11.5. The molecule has 0 saturated heterocycles. The lowest BCUT2D eigenvalue weighted by Gasteiger charge is -2.17. The lowest BCUT2D eigenvalue weighted by molar-refractivity contribution is -0.142. The molecule has 1 N–H and O–H groups in total. The Morgan fingerprint density at radius 1 is 1.17 bits per heavy atom. The van der Waals surface area contributed by atoms with Crippen LogP contribution in [0, 0.1) is 5.82 Å². The first-order valence-electron chi connectivity index (χ1n) is 6.89. The molecule has 0 aliphatic carbocycles. The van der Waals surface area contributed by atoms with Gasteiger partial charge in [0, 0.05) is 6.42 Å². The fourth-order valence-electron chi connectivity index (χ4n) is 2.10. The molecule has 0 spiro atoms. The summed E-state index contributed by atoms with van der Waals surface area (Å²) in [6.07, 6.45) is -0.0183. The predicted octanol–water partition coefficient (Wildman–Crippen LogP) is 2.99. The van der Waals surface area contributed by atoms with Gasteiger partial charge in [-0.15, -0.1) is 0 Å². The molecule has 23 heavy (non-hydrogen) atoms. The highest BCUT2D eigenvalue weighted by Gasteiger charge is 2.24. The molecule has 0 heterocycles. The van der Waals surface area contributed by atoms with Gasteiger partial charge >= 0.3 is 5.97 Å². The van der Waals surface area contributed by atoms with Gasteiger partial charge in [0.1, 0.15) is 11.9 Å². The van der Waals surface area contributed by atoms with Crippen molar-refractivity contribution in [3.8, 4) is 0 Å². The van der Waals surface area contributed by atoms with Gasteiger partial charge in [-0.2, -0.15) is 0 Å². The van der Waals surface area contributed by atoms with Gasteiger partial charge in [0.25, 0.3) is 5.91 Å². The minimum absolute atomic E-state index is 0.0183. The van der Waals surface area contributed by atoms with E-state index < -0.39 is 23.7 Å². The third-order valence-corrected chi connectivity index (χ3v) is 3.62. The maximum atomic E-state index is 13.8. The Hall–Kier alpha value is -2.40. The van der Waals surface area contributed by atoms with E-state index >= 15 is 0 Å². The van der Waals surface area contributed by atoms with E-state index in [4.69, 9.17) is 11.6 Å². The molecule has 0 aromatic heterocycles. The molecule has 0 saturated carbocycles. The third kappa shape index (κ3) is 4.29. The summed E-state index contributed by atoms with van der Waals surface area (Å²) < 4.78 is 18.4. The van der Waals surface area contributed by atoms with E-state index in [1.54, 1.807) is 36.4 Å². The van der Waals surface area contributed by atoms with Crippen LogP contribution < -0.4 is 5.32 Å². The summed E-state index contributed by atoms with van der Waals surface area (Å²) in [5.41, 5.74) is 0.541. The van der Waals surface area contributed by atoms with E-state index in [-0.39, 0.29) is 17.0 Å². The molecule has 2 aromatic rings. The average molecular weight is 336 g/mol. The van der Waals surface area contributed by atoms with Crippen LogP contribution in [0.25, 0.3) is 0 Å². The minimum atomic E-state index is -1.01. The lowest BCUT2D eigenvalue weighted by atomic mass is 10.0. The van der Waals surface area contributed by atoms with Gasteiger partial charge in [0.2, 0.25) is 0 Å². The number of rotatable bonds is 5. The smallest absolute Gasteiger partial charge is 0.328 e. The highest BCUT2D eigenvalue weighted by molar-refractivity contribution is 6.33. The number of hydrogen-bond acceptors (Lipinski definition) is 3. The van der Waals surface area contributed by atoms with Crippen LogP contribution in [-0.4, -0.2) is 25.0 Å². The lowest BCUT2D eigenvalue weighted by Crippen LogP contribution is -2.43. The van der Waals surface area contributed by atoms with Gasteiger partial charge in [-0.3, -0.25) is 4.79 Å². The number of esters is 1. The Kier molecular flexibility index (Phi) is 5.71. The van der Waals surface area contributed by atoms with Gasteiger partial charge in [-0.1, -0.05) is 41.9 Å². The minimum Gasteiger partial charge on any atom is -0.467 e. The van der Waals surface area contributed by atoms with Crippen molar-refractivity contribution >= 4 is 23.5 Å². The van der Waals surface area contributed by atoms with Crippen molar-refractivity contribution in [2.45, 2.75) is 12.5 Å². The summed E-state index contributed by atoms with van der Waals surface area (Å²) in [5.74, 6) is -1.63. The number of methoxy groups -OCH3 is 1. The number of benzene rings is 2. The molecule has 6 heteroatoms. The topological polar surface area (TPSA) is 55.4 Å². The maximum Gasteiger partial charge on any atom is 0.328 e. The molecule has 0 radical (unpaired) electrons. The number of nitrogens with one attached hydrogen (secondary N) is 1. The molecule has 0 bridgehead atoms. The molecule has 0 aliphatic rings. The zero-order valence-corrected chi connectivity index (χ0v) is 13.1. The molecule has 0 fully saturated rings. The van der Waals surface area contributed by atoms with Crippen LogP contribution in [0.4, 0.5) is 4.39 Å². The second-order valence-corrected chi connectivity index (χ2v) is 5.23. The van der Waals surface area contributed by atoms with Crippen LogP contribution in [0.2, 0.25) is 5.02 Å². The Morgan fingerprint density at radius 3 is 2.48 bits per heavy atom. The highest BCUT2D eigenvalue weighted by atomic mass is 35.5. The molecule has 2 aromatic carbocycles. The molecule has 1 amide bonds. The number of amides is 1. The van der Waals surface area contributed by atoms with Crippen molar-refractivity contribution in [3.05, 3.63) is 70.5 Å². The van der Waals surface area contributed by atoms with Crippen LogP contribution in [0.5, 0.6) is 0 Å². The maximum absolute atomic E-state index is 13.8.